The first kappa shape index (κ1) is 19.5. The standard InChI is InChI=1S/C22H16N2O5S/c1-3-10-24-15-9-8-13(21(27)28-2)11-19(15)30-22(24)23-20(26)18-12-16(25)14-6-4-5-7-17(14)29-18/h3-9,11-12H,1,10H2,2H3. The van der Waals surface area contributed by atoms with Crippen molar-refractivity contribution in [2.45, 2.75) is 6.54 Å². The Labute approximate surface area is 174 Å². The largest absolute Gasteiger partial charge is 0.465 e. The van der Waals surface area contributed by atoms with E-state index in [4.69, 9.17) is 9.15 Å². The number of carbonyl (C=O) groups is 2. The highest BCUT2D eigenvalue weighted by Crippen LogP contribution is 2.20. The number of rotatable bonds is 4. The number of amides is 1. The van der Waals surface area contributed by atoms with Gasteiger partial charge in [-0.25, -0.2) is 4.79 Å². The van der Waals surface area contributed by atoms with E-state index in [0.717, 1.165) is 16.3 Å². The highest BCUT2D eigenvalue weighted by molar-refractivity contribution is 7.16. The molecule has 0 saturated carbocycles. The zero-order valence-corrected chi connectivity index (χ0v) is 16.8. The average Bonchev–Trinajstić information content (AvgIpc) is 3.09. The molecule has 150 valence electrons. The Morgan fingerprint density at radius 2 is 2.03 bits per heavy atom. The molecular weight excluding hydrogens is 404 g/mol. The lowest BCUT2D eigenvalue weighted by atomic mass is 10.2. The van der Waals surface area contributed by atoms with Crippen molar-refractivity contribution in [2.75, 3.05) is 7.11 Å². The number of hydrogen-bond acceptors (Lipinski definition) is 6. The molecule has 0 spiro atoms. The highest BCUT2D eigenvalue weighted by atomic mass is 32.1. The summed E-state index contributed by atoms with van der Waals surface area (Å²) < 4.78 is 12.9. The van der Waals surface area contributed by atoms with Crippen LogP contribution in [0.2, 0.25) is 0 Å². The molecule has 2 aromatic carbocycles. The number of methoxy groups -OCH3 is 1. The molecule has 0 bridgehead atoms. The third kappa shape index (κ3) is 3.48. The lowest BCUT2D eigenvalue weighted by molar-refractivity contribution is 0.0601. The van der Waals surface area contributed by atoms with Crippen LogP contribution in [-0.2, 0) is 11.3 Å². The molecule has 0 atom stereocenters. The molecule has 0 N–H and O–H groups in total. The summed E-state index contributed by atoms with van der Waals surface area (Å²) in [5.74, 6) is -1.26. The predicted octanol–water partition coefficient (Wildman–Crippen LogP) is 3.52. The minimum atomic E-state index is -0.671. The third-order valence-electron chi connectivity index (χ3n) is 4.46. The molecule has 0 radical (unpaired) electrons. The topological polar surface area (TPSA) is 90.9 Å². The van der Waals surface area contributed by atoms with Gasteiger partial charge in [-0.2, -0.15) is 4.99 Å². The van der Waals surface area contributed by atoms with Crippen LogP contribution in [0.1, 0.15) is 20.9 Å². The van der Waals surface area contributed by atoms with E-state index in [2.05, 4.69) is 11.6 Å². The number of allylic oxidation sites excluding steroid dienone is 1. The van der Waals surface area contributed by atoms with Gasteiger partial charge >= 0.3 is 11.9 Å². The normalized spacial score (nSPS) is 11.7. The Bertz CT molecular complexity index is 1440. The van der Waals surface area contributed by atoms with E-state index in [-0.39, 0.29) is 11.2 Å². The lowest BCUT2D eigenvalue weighted by Crippen LogP contribution is -2.17. The Balaban J connectivity index is 1.86. The van der Waals surface area contributed by atoms with Crippen LogP contribution in [0.15, 0.2) is 75.4 Å². The van der Waals surface area contributed by atoms with Crippen LogP contribution < -0.4 is 10.2 Å². The maximum Gasteiger partial charge on any atom is 0.337 e. The van der Waals surface area contributed by atoms with Crippen LogP contribution in [0.5, 0.6) is 0 Å². The van der Waals surface area contributed by atoms with E-state index in [1.165, 1.54) is 18.4 Å². The van der Waals surface area contributed by atoms with Crippen molar-refractivity contribution in [3.8, 4) is 0 Å². The molecule has 0 fully saturated rings. The van der Waals surface area contributed by atoms with E-state index in [9.17, 15) is 14.4 Å². The molecule has 1 amide bonds. The van der Waals surface area contributed by atoms with E-state index in [0.29, 0.717) is 27.9 Å². The number of fused-ring (bicyclic) bond motifs is 2. The van der Waals surface area contributed by atoms with Gasteiger partial charge in [0.05, 0.1) is 28.3 Å². The number of thiazole rings is 1. The van der Waals surface area contributed by atoms with Crippen LogP contribution in [-0.4, -0.2) is 23.6 Å². The van der Waals surface area contributed by atoms with Crippen molar-refractivity contribution in [1.29, 1.82) is 0 Å². The van der Waals surface area contributed by atoms with E-state index in [1.807, 2.05) is 0 Å². The zero-order valence-electron chi connectivity index (χ0n) is 16.0. The zero-order chi connectivity index (χ0) is 21.3. The molecule has 8 heteroatoms. The first-order valence-electron chi connectivity index (χ1n) is 8.96. The van der Waals surface area contributed by atoms with Crippen LogP contribution in [0.4, 0.5) is 0 Å². The summed E-state index contributed by atoms with van der Waals surface area (Å²) in [6, 6.07) is 13.0. The fourth-order valence-corrected chi connectivity index (χ4v) is 4.14. The van der Waals surface area contributed by atoms with Gasteiger partial charge in [-0.05, 0) is 30.3 Å². The summed E-state index contributed by atoms with van der Waals surface area (Å²) in [5.41, 5.74) is 1.20. The number of hydrogen-bond donors (Lipinski definition) is 0. The summed E-state index contributed by atoms with van der Waals surface area (Å²) in [5, 5.41) is 0.396. The third-order valence-corrected chi connectivity index (χ3v) is 5.50. The van der Waals surface area contributed by atoms with Gasteiger partial charge in [0.25, 0.3) is 0 Å². The van der Waals surface area contributed by atoms with Gasteiger partial charge in [0.1, 0.15) is 5.58 Å². The number of esters is 1. The number of aromatic nitrogens is 1. The molecule has 7 nitrogen and oxygen atoms in total. The Morgan fingerprint density at radius 3 is 2.80 bits per heavy atom. The summed E-state index contributed by atoms with van der Waals surface area (Å²) >= 11 is 1.24. The monoisotopic (exact) mass is 420 g/mol. The number of benzene rings is 2. The summed E-state index contributed by atoms with van der Waals surface area (Å²) in [7, 11) is 1.32. The van der Waals surface area contributed by atoms with Crippen molar-refractivity contribution in [3.05, 3.63) is 87.5 Å². The number of nitrogens with zero attached hydrogens (tertiary/aromatic N) is 2. The van der Waals surface area contributed by atoms with Crippen molar-refractivity contribution in [3.63, 3.8) is 0 Å². The average molecular weight is 420 g/mol. The van der Waals surface area contributed by atoms with E-state index in [1.54, 1.807) is 53.1 Å². The molecular formula is C22H16N2O5S. The second kappa shape index (κ2) is 7.92. The fraction of sp³-hybridized carbons (Fsp3) is 0.0909. The quantitative estimate of drug-likeness (QED) is 0.372. The van der Waals surface area contributed by atoms with Crippen LogP contribution in [0.25, 0.3) is 21.2 Å². The van der Waals surface area contributed by atoms with E-state index >= 15 is 0 Å². The smallest absolute Gasteiger partial charge is 0.337 e. The first-order chi connectivity index (χ1) is 14.5. The Hall–Kier alpha value is -3.78. The second-order valence-corrected chi connectivity index (χ2v) is 7.36. The molecule has 2 heterocycles. The molecule has 30 heavy (non-hydrogen) atoms. The maximum atomic E-state index is 12.8. The van der Waals surface area contributed by atoms with Crippen LogP contribution in [0.3, 0.4) is 0 Å². The number of ether oxygens (including phenoxy) is 1. The number of carbonyl (C=O) groups excluding carboxylic acids is 2. The first-order valence-corrected chi connectivity index (χ1v) is 9.78. The Kier molecular flexibility index (Phi) is 5.16. The van der Waals surface area contributed by atoms with Crippen molar-refractivity contribution < 1.29 is 18.7 Å². The number of para-hydroxylation sites is 1. The minimum absolute atomic E-state index is 0.142. The summed E-state index contributed by atoms with van der Waals surface area (Å²) in [6.45, 7) is 4.16. The van der Waals surface area contributed by atoms with Gasteiger partial charge in [-0.15, -0.1) is 6.58 Å². The SMILES string of the molecule is C=CCn1c(=NC(=O)c2cc(=O)c3ccccc3o2)sc2cc(C(=O)OC)ccc21. The Morgan fingerprint density at radius 1 is 1.23 bits per heavy atom. The summed E-state index contributed by atoms with van der Waals surface area (Å²) in [4.78, 5) is 41.4. The molecule has 0 aliphatic heterocycles. The molecule has 4 aromatic rings. The van der Waals surface area contributed by atoms with Gasteiger partial charge in [0.2, 0.25) is 0 Å². The van der Waals surface area contributed by atoms with E-state index < -0.39 is 11.9 Å². The summed E-state index contributed by atoms with van der Waals surface area (Å²) in [6.07, 6.45) is 1.68. The van der Waals surface area contributed by atoms with Gasteiger partial charge in [0, 0.05) is 12.6 Å². The molecule has 0 unspecified atom stereocenters. The molecule has 4 rings (SSSR count). The van der Waals surface area contributed by atoms with Crippen molar-refractivity contribution in [1.82, 2.24) is 4.57 Å². The fourth-order valence-electron chi connectivity index (χ4n) is 3.06. The van der Waals surface area contributed by atoms with Gasteiger partial charge in [0.15, 0.2) is 16.0 Å². The second-order valence-electron chi connectivity index (χ2n) is 6.35. The minimum Gasteiger partial charge on any atom is -0.465 e. The van der Waals surface area contributed by atoms with Gasteiger partial charge in [-0.3, -0.25) is 9.59 Å². The highest BCUT2D eigenvalue weighted by Gasteiger charge is 2.14. The molecule has 0 aliphatic rings. The molecule has 0 aliphatic carbocycles. The van der Waals surface area contributed by atoms with Gasteiger partial charge < -0.3 is 13.7 Å². The maximum absolute atomic E-state index is 12.8. The molecule has 0 saturated heterocycles. The predicted molar refractivity (Wildman–Crippen MR) is 114 cm³/mol. The van der Waals surface area contributed by atoms with Crippen LogP contribution >= 0.6 is 11.3 Å². The van der Waals surface area contributed by atoms with Gasteiger partial charge in [-0.1, -0.05) is 29.5 Å². The van der Waals surface area contributed by atoms with Crippen molar-refractivity contribution in [2.24, 2.45) is 4.99 Å². The van der Waals surface area contributed by atoms with Crippen molar-refractivity contribution >= 4 is 44.4 Å². The molecule has 2 aromatic heterocycles. The lowest BCUT2D eigenvalue weighted by Gasteiger charge is -2.02. The van der Waals surface area contributed by atoms with Crippen LogP contribution in [0, 0.1) is 0 Å².